The summed E-state index contributed by atoms with van der Waals surface area (Å²) in [5.41, 5.74) is 7.06. The number of carbonyl (C=O) groups is 1. The van der Waals surface area contributed by atoms with Crippen molar-refractivity contribution < 1.29 is 14.3 Å². The van der Waals surface area contributed by atoms with Crippen LogP contribution in [0.5, 0.6) is 0 Å². The van der Waals surface area contributed by atoms with Crippen LogP contribution in [0.4, 0.5) is 0 Å². The van der Waals surface area contributed by atoms with E-state index in [4.69, 9.17) is 15.2 Å². The molecule has 23 heavy (non-hydrogen) atoms. The Morgan fingerprint density at radius 1 is 1.35 bits per heavy atom. The molecular weight excluding hydrogens is 292 g/mol. The number of ether oxygens (including phenoxy) is 2. The molecule has 1 aromatic carbocycles. The maximum atomic E-state index is 11.2. The number of primary amides is 1. The summed E-state index contributed by atoms with van der Waals surface area (Å²) in [7, 11) is 1.82. The lowest BCUT2D eigenvalue weighted by Crippen LogP contribution is -2.50. The van der Waals surface area contributed by atoms with Crippen LogP contribution in [0.1, 0.15) is 35.2 Å². The molecule has 0 unspecified atom stereocenters. The van der Waals surface area contributed by atoms with Crippen LogP contribution in [0.15, 0.2) is 24.3 Å². The molecule has 2 aliphatic rings. The quantitative estimate of drug-likeness (QED) is 0.899. The number of rotatable bonds is 5. The monoisotopic (exact) mass is 318 g/mol. The Hall–Kier alpha value is -1.43. The van der Waals surface area contributed by atoms with Crippen molar-refractivity contribution in [1.82, 2.24) is 4.90 Å². The molecule has 1 amide bonds. The van der Waals surface area contributed by atoms with Gasteiger partial charge in [-0.25, -0.2) is 0 Å². The predicted octanol–water partition coefficient (Wildman–Crippen LogP) is 1.80. The van der Waals surface area contributed by atoms with Crippen LogP contribution in [0.2, 0.25) is 0 Å². The summed E-state index contributed by atoms with van der Waals surface area (Å²) >= 11 is 0. The van der Waals surface area contributed by atoms with Gasteiger partial charge >= 0.3 is 0 Å². The van der Waals surface area contributed by atoms with E-state index in [1.54, 1.807) is 12.1 Å². The summed E-state index contributed by atoms with van der Waals surface area (Å²) in [6.45, 7) is 3.37. The van der Waals surface area contributed by atoms with E-state index in [0.717, 1.165) is 32.7 Å². The molecule has 0 spiro atoms. The third-order valence-corrected chi connectivity index (χ3v) is 5.21. The van der Waals surface area contributed by atoms with Gasteiger partial charge in [-0.3, -0.25) is 9.69 Å². The number of benzene rings is 1. The fraction of sp³-hybridized carbons (Fsp3) is 0.611. The minimum Gasteiger partial charge on any atom is -0.381 e. The first kappa shape index (κ1) is 16.4. The first-order chi connectivity index (χ1) is 11.2. The van der Waals surface area contributed by atoms with Crippen molar-refractivity contribution in [3.8, 4) is 0 Å². The van der Waals surface area contributed by atoms with E-state index in [0.29, 0.717) is 23.6 Å². The topological polar surface area (TPSA) is 64.8 Å². The van der Waals surface area contributed by atoms with Gasteiger partial charge in [0.15, 0.2) is 0 Å². The first-order valence-electron chi connectivity index (χ1n) is 8.42. The average Bonchev–Trinajstić information content (AvgIpc) is 3.04. The Kier molecular flexibility index (Phi) is 5.30. The normalized spacial score (nSPS) is 28.8. The summed E-state index contributed by atoms with van der Waals surface area (Å²) in [6.07, 6.45) is 3.95. The van der Waals surface area contributed by atoms with Gasteiger partial charge in [0, 0.05) is 37.7 Å². The summed E-state index contributed by atoms with van der Waals surface area (Å²) in [6, 6.07) is 8.01. The van der Waals surface area contributed by atoms with Gasteiger partial charge in [-0.05, 0) is 30.5 Å². The van der Waals surface area contributed by atoms with Crippen molar-refractivity contribution in [3.05, 3.63) is 35.4 Å². The number of carbonyl (C=O) groups excluding carboxylic acids is 1. The molecule has 5 nitrogen and oxygen atoms in total. The predicted molar refractivity (Wildman–Crippen MR) is 88.1 cm³/mol. The molecule has 0 aromatic heterocycles. The number of nitrogens with two attached hydrogens (primary N) is 1. The van der Waals surface area contributed by atoms with Crippen LogP contribution in [0.25, 0.3) is 0 Å². The molecule has 5 heteroatoms. The van der Waals surface area contributed by atoms with E-state index in [-0.39, 0.29) is 5.91 Å². The molecule has 3 atom stereocenters. The van der Waals surface area contributed by atoms with E-state index >= 15 is 0 Å². The highest BCUT2D eigenvalue weighted by Gasteiger charge is 2.38. The summed E-state index contributed by atoms with van der Waals surface area (Å²) in [5.74, 6) is 0.167. The third-order valence-electron chi connectivity index (χ3n) is 5.21. The largest absolute Gasteiger partial charge is 0.381 e. The Balaban J connectivity index is 1.70. The molecule has 1 aromatic rings. The van der Waals surface area contributed by atoms with Gasteiger partial charge in [-0.1, -0.05) is 18.6 Å². The molecule has 2 N–H and O–H groups in total. The van der Waals surface area contributed by atoms with Crippen molar-refractivity contribution >= 4 is 5.91 Å². The number of hydrogen-bond donors (Lipinski definition) is 1. The summed E-state index contributed by atoms with van der Waals surface area (Å²) in [5, 5.41) is 0. The minimum atomic E-state index is -0.380. The zero-order valence-electron chi connectivity index (χ0n) is 13.7. The number of nitrogens with zero attached hydrogens (tertiary/aromatic N) is 1. The second-order valence-electron chi connectivity index (χ2n) is 6.54. The maximum Gasteiger partial charge on any atom is 0.248 e. The van der Waals surface area contributed by atoms with Gasteiger partial charge in [-0.2, -0.15) is 0 Å². The highest BCUT2D eigenvalue weighted by atomic mass is 16.5. The SMILES string of the molecule is CO[C@@H]1CCC[C@H]1[C@@H]1COCCN1Cc1ccc(C(N)=O)cc1. The highest BCUT2D eigenvalue weighted by Crippen LogP contribution is 2.34. The molecule has 2 fully saturated rings. The lowest BCUT2D eigenvalue weighted by Gasteiger charge is -2.40. The molecule has 3 rings (SSSR count). The lowest BCUT2D eigenvalue weighted by atomic mass is 9.93. The zero-order valence-corrected chi connectivity index (χ0v) is 13.7. The van der Waals surface area contributed by atoms with Crippen molar-refractivity contribution in [1.29, 1.82) is 0 Å². The standard InChI is InChI=1S/C18H26N2O3/c1-22-17-4-2-3-15(17)16-12-23-10-9-20(16)11-13-5-7-14(8-6-13)18(19)21/h5-8,15-17H,2-4,9-12H2,1H3,(H2,19,21)/t15-,16-,17+/m0/s1. The van der Waals surface area contributed by atoms with Gasteiger partial charge in [0.25, 0.3) is 0 Å². The van der Waals surface area contributed by atoms with Crippen LogP contribution in [-0.4, -0.2) is 49.8 Å². The average molecular weight is 318 g/mol. The summed E-state index contributed by atoms with van der Waals surface area (Å²) < 4.78 is 11.4. The van der Waals surface area contributed by atoms with Crippen molar-refractivity contribution in [3.63, 3.8) is 0 Å². The number of methoxy groups -OCH3 is 1. The van der Waals surface area contributed by atoms with Crippen molar-refractivity contribution in [2.24, 2.45) is 11.7 Å². The molecule has 126 valence electrons. The van der Waals surface area contributed by atoms with Crippen LogP contribution < -0.4 is 5.73 Å². The molecule has 1 saturated carbocycles. The van der Waals surface area contributed by atoms with Crippen molar-refractivity contribution in [2.45, 2.75) is 38.0 Å². The van der Waals surface area contributed by atoms with Gasteiger partial charge in [0.05, 0.1) is 19.3 Å². The zero-order chi connectivity index (χ0) is 16.2. The number of amides is 1. The fourth-order valence-corrected chi connectivity index (χ4v) is 3.94. The van der Waals surface area contributed by atoms with Gasteiger partial charge < -0.3 is 15.2 Å². The van der Waals surface area contributed by atoms with Crippen LogP contribution in [-0.2, 0) is 16.0 Å². The smallest absolute Gasteiger partial charge is 0.248 e. The van der Waals surface area contributed by atoms with Crippen LogP contribution in [0.3, 0.4) is 0 Å². The first-order valence-corrected chi connectivity index (χ1v) is 8.42. The molecule has 1 aliphatic heterocycles. The second-order valence-corrected chi connectivity index (χ2v) is 6.54. The fourth-order valence-electron chi connectivity index (χ4n) is 3.94. The van der Waals surface area contributed by atoms with Gasteiger partial charge in [0.2, 0.25) is 5.91 Å². The van der Waals surface area contributed by atoms with Crippen LogP contribution >= 0.6 is 0 Å². The van der Waals surface area contributed by atoms with E-state index in [1.165, 1.54) is 18.4 Å². The second kappa shape index (κ2) is 7.43. The molecule has 0 radical (unpaired) electrons. The Morgan fingerprint density at radius 2 is 2.13 bits per heavy atom. The minimum absolute atomic E-state index is 0.349. The summed E-state index contributed by atoms with van der Waals surface area (Å²) in [4.78, 5) is 13.7. The van der Waals surface area contributed by atoms with Crippen LogP contribution in [0, 0.1) is 5.92 Å². The van der Waals surface area contributed by atoms with E-state index in [2.05, 4.69) is 4.90 Å². The van der Waals surface area contributed by atoms with E-state index in [1.807, 2.05) is 19.2 Å². The van der Waals surface area contributed by atoms with Gasteiger partial charge in [-0.15, -0.1) is 0 Å². The molecule has 1 heterocycles. The number of morpholine rings is 1. The van der Waals surface area contributed by atoms with E-state index < -0.39 is 0 Å². The molecule has 0 bridgehead atoms. The maximum absolute atomic E-state index is 11.2. The highest BCUT2D eigenvalue weighted by molar-refractivity contribution is 5.92. The third kappa shape index (κ3) is 3.74. The van der Waals surface area contributed by atoms with E-state index in [9.17, 15) is 4.79 Å². The Labute approximate surface area is 137 Å². The van der Waals surface area contributed by atoms with Crippen molar-refractivity contribution in [2.75, 3.05) is 26.9 Å². The Morgan fingerprint density at radius 3 is 2.83 bits per heavy atom. The number of hydrogen-bond acceptors (Lipinski definition) is 4. The Bertz CT molecular complexity index is 532. The molecule has 1 aliphatic carbocycles. The molecular formula is C18H26N2O3. The molecule has 1 saturated heterocycles. The van der Waals surface area contributed by atoms with Gasteiger partial charge in [0.1, 0.15) is 0 Å². The lowest BCUT2D eigenvalue weighted by molar-refractivity contribution is -0.0608.